The molecule has 0 atom stereocenters. The summed E-state index contributed by atoms with van der Waals surface area (Å²) in [7, 11) is 0. The number of likely N-dealkylation sites (tertiary alicyclic amines) is 1. The number of nitrogens with zero attached hydrogens (tertiary/aromatic N) is 5. The smallest absolute Gasteiger partial charge is 0.387 e. The number of alkyl halides is 2. The first-order chi connectivity index (χ1) is 15.4. The molecular formula is C21H21F2N5O3S. The number of piperidine rings is 1. The van der Waals surface area contributed by atoms with Gasteiger partial charge in [0.2, 0.25) is 5.91 Å². The van der Waals surface area contributed by atoms with E-state index in [0.29, 0.717) is 42.9 Å². The highest BCUT2D eigenvalue weighted by Gasteiger charge is 2.24. The first-order valence-electron chi connectivity index (χ1n) is 9.95. The Balaban J connectivity index is 1.71. The van der Waals surface area contributed by atoms with Crippen LogP contribution in [0.3, 0.4) is 0 Å². The number of thioether (sulfide) groups is 1. The van der Waals surface area contributed by atoms with Gasteiger partial charge in [-0.1, -0.05) is 0 Å². The molecule has 1 aliphatic heterocycles. The lowest BCUT2D eigenvalue weighted by Gasteiger charge is -2.25. The molecule has 0 bridgehead atoms. The van der Waals surface area contributed by atoms with Crippen molar-refractivity contribution in [1.29, 1.82) is 0 Å². The number of ether oxygens (including phenoxy) is 1. The largest absolute Gasteiger partial charge is 0.434 e. The molecule has 0 saturated carbocycles. The number of amides is 1. The number of carbonyl (C=O) groups excluding carboxylic acids is 2. The van der Waals surface area contributed by atoms with E-state index in [0.717, 1.165) is 4.90 Å². The quantitative estimate of drug-likeness (QED) is 0.503. The molecule has 1 fully saturated rings. The highest BCUT2D eigenvalue weighted by Crippen LogP contribution is 2.36. The highest BCUT2D eigenvalue weighted by atomic mass is 32.2. The second kappa shape index (κ2) is 9.51. The van der Waals surface area contributed by atoms with E-state index in [1.54, 1.807) is 46.4 Å². The molecule has 0 N–H and O–H groups in total. The lowest BCUT2D eigenvalue weighted by molar-refractivity contribution is -0.135. The number of benzene rings is 1. The summed E-state index contributed by atoms with van der Waals surface area (Å²) in [5, 5.41) is 8.77. The second-order valence-corrected chi connectivity index (χ2v) is 8.05. The number of Topliss-reactive ketones (excluding diaryl/α,β-unsaturated/α-hetero) is 1. The molecular weight excluding hydrogens is 440 g/mol. The summed E-state index contributed by atoms with van der Waals surface area (Å²) < 4.78 is 33.8. The van der Waals surface area contributed by atoms with Crippen LogP contribution in [-0.2, 0) is 16.1 Å². The van der Waals surface area contributed by atoms with Crippen LogP contribution in [-0.4, -0.2) is 62.1 Å². The minimum absolute atomic E-state index is 0.0164. The minimum Gasteiger partial charge on any atom is -0.434 e. The molecule has 1 aliphatic rings. The van der Waals surface area contributed by atoms with E-state index in [1.165, 1.54) is 22.5 Å². The maximum absolute atomic E-state index is 13.0. The van der Waals surface area contributed by atoms with Gasteiger partial charge in [0.15, 0.2) is 0 Å². The van der Waals surface area contributed by atoms with Crippen LogP contribution in [0.4, 0.5) is 8.78 Å². The number of aromatic nitrogens is 4. The molecule has 4 rings (SSSR count). The van der Waals surface area contributed by atoms with E-state index in [2.05, 4.69) is 10.2 Å². The molecule has 0 radical (unpaired) electrons. The van der Waals surface area contributed by atoms with Crippen LogP contribution in [0.5, 0.6) is 5.75 Å². The van der Waals surface area contributed by atoms with Crippen molar-refractivity contribution in [3.05, 3.63) is 42.9 Å². The Kier molecular flexibility index (Phi) is 6.54. The summed E-state index contributed by atoms with van der Waals surface area (Å²) in [5.74, 6) is -0.0329. The van der Waals surface area contributed by atoms with Crippen LogP contribution in [0.25, 0.3) is 16.9 Å². The molecule has 0 aliphatic carbocycles. The van der Waals surface area contributed by atoms with Crippen molar-refractivity contribution < 1.29 is 23.1 Å². The first-order valence-corrected chi connectivity index (χ1v) is 11.2. The number of hydrogen-bond donors (Lipinski definition) is 0. The SMILES string of the molecule is CSc1ccc(OC(F)F)c(-c2nn(CC(=O)N3CCC(=O)CC3)cc2-n2cccn2)c1. The standard InChI is InChI=1S/C21H21F2N5O3S/c1-32-15-3-4-18(31-21(22)23)16(11-15)20-17(28-8-2-7-24-28)12-27(25-20)13-19(30)26-9-5-14(29)6-10-26/h2-4,7-8,11-12,21H,5-6,9-10,13H2,1H3. The van der Waals surface area contributed by atoms with Gasteiger partial charge < -0.3 is 9.64 Å². The average Bonchev–Trinajstić information content (AvgIpc) is 3.44. The number of hydrogen-bond acceptors (Lipinski definition) is 6. The third-order valence-corrected chi connectivity index (χ3v) is 5.85. The summed E-state index contributed by atoms with van der Waals surface area (Å²) in [6.07, 6.45) is 7.52. The zero-order valence-corrected chi connectivity index (χ0v) is 18.1. The van der Waals surface area contributed by atoms with E-state index in [9.17, 15) is 18.4 Å². The first kappa shape index (κ1) is 22.0. The molecule has 1 aromatic carbocycles. The van der Waals surface area contributed by atoms with Gasteiger partial charge in [0.1, 0.15) is 29.5 Å². The summed E-state index contributed by atoms with van der Waals surface area (Å²) in [4.78, 5) is 26.7. The zero-order valence-electron chi connectivity index (χ0n) is 17.3. The van der Waals surface area contributed by atoms with E-state index in [1.807, 2.05) is 6.26 Å². The molecule has 11 heteroatoms. The van der Waals surface area contributed by atoms with Crippen molar-refractivity contribution in [2.45, 2.75) is 30.9 Å². The monoisotopic (exact) mass is 461 g/mol. The average molecular weight is 461 g/mol. The summed E-state index contributed by atoms with van der Waals surface area (Å²) in [5.41, 5.74) is 1.26. The Bertz CT molecular complexity index is 1110. The van der Waals surface area contributed by atoms with E-state index in [4.69, 9.17) is 4.74 Å². The van der Waals surface area contributed by atoms with Crippen LogP contribution in [0.15, 0.2) is 47.8 Å². The normalized spacial score (nSPS) is 14.2. The topological polar surface area (TPSA) is 82.3 Å². The van der Waals surface area contributed by atoms with Gasteiger partial charge in [-0.15, -0.1) is 11.8 Å². The zero-order chi connectivity index (χ0) is 22.7. The maximum Gasteiger partial charge on any atom is 0.387 e. The highest BCUT2D eigenvalue weighted by molar-refractivity contribution is 7.98. The summed E-state index contributed by atoms with van der Waals surface area (Å²) in [6.45, 7) is -2.26. The summed E-state index contributed by atoms with van der Waals surface area (Å²) in [6, 6.07) is 6.62. The number of halogens is 2. The Morgan fingerprint density at radius 2 is 2.06 bits per heavy atom. The Hall–Kier alpha value is -3.21. The van der Waals surface area contributed by atoms with Crippen molar-refractivity contribution in [3.8, 4) is 22.7 Å². The summed E-state index contributed by atoms with van der Waals surface area (Å²) >= 11 is 1.46. The van der Waals surface area contributed by atoms with Crippen LogP contribution in [0, 0.1) is 0 Å². The van der Waals surface area contributed by atoms with Crippen molar-refractivity contribution in [3.63, 3.8) is 0 Å². The predicted octanol–water partition coefficient (Wildman–Crippen LogP) is 3.25. The minimum atomic E-state index is -2.99. The lowest BCUT2D eigenvalue weighted by atomic mass is 10.1. The fraction of sp³-hybridized carbons (Fsp3) is 0.333. The third kappa shape index (κ3) is 4.82. The molecule has 2 aromatic heterocycles. The van der Waals surface area contributed by atoms with E-state index < -0.39 is 6.61 Å². The van der Waals surface area contributed by atoms with Gasteiger partial charge in [0.05, 0.1) is 6.20 Å². The molecule has 3 heterocycles. The number of carbonyl (C=O) groups is 2. The fourth-order valence-electron chi connectivity index (χ4n) is 3.53. The molecule has 1 saturated heterocycles. The van der Waals surface area contributed by atoms with Crippen molar-refractivity contribution in [2.24, 2.45) is 0 Å². The maximum atomic E-state index is 13.0. The third-order valence-electron chi connectivity index (χ3n) is 5.12. The Morgan fingerprint density at radius 3 is 2.72 bits per heavy atom. The van der Waals surface area contributed by atoms with Gasteiger partial charge in [0.25, 0.3) is 0 Å². The van der Waals surface area contributed by atoms with E-state index >= 15 is 0 Å². The number of rotatable bonds is 7. The van der Waals surface area contributed by atoms with E-state index in [-0.39, 0.29) is 24.0 Å². The second-order valence-electron chi connectivity index (χ2n) is 7.17. The predicted molar refractivity (Wildman–Crippen MR) is 114 cm³/mol. The Labute approximate surface area is 187 Å². The molecule has 32 heavy (non-hydrogen) atoms. The van der Waals surface area contributed by atoms with Crippen LogP contribution in [0.1, 0.15) is 12.8 Å². The number of ketones is 1. The van der Waals surface area contributed by atoms with Crippen molar-refractivity contribution in [2.75, 3.05) is 19.3 Å². The molecule has 3 aromatic rings. The lowest BCUT2D eigenvalue weighted by Crippen LogP contribution is -2.40. The van der Waals surface area contributed by atoms with Crippen LogP contribution in [0.2, 0.25) is 0 Å². The van der Waals surface area contributed by atoms with Gasteiger partial charge in [-0.2, -0.15) is 19.0 Å². The molecule has 1 amide bonds. The van der Waals surface area contributed by atoms with Crippen LogP contribution < -0.4 is 4.74 Å². The van der Waals surface area contributed by atoms with Gasteiger partial charge in [-0.25, -0.2) is 4.68 Å². The molecule has 0 unspecified atom stereocenters. The molecule has 8 nitrogen and oxygen atoms in total. The van der Waals surface area contributed by atoms with Crippen molar-refractivity contribution >= 4 is 23.5 Å². The molecule has 0 spiro atoms. The van der Waals surface area contributed by atoms with Crippen molar-refractivity contribution in [1.82, 2.24) is 24.5 Å². The fourth-order valence-corrected chi connectivity index (χ4v) is 3.97. The van der Waals surface area contributed by atoms with Gasteiger partial charge in [-0.3, -0.25) is 14.3 Å². The Morgan fingerprint density at radius 1 is 1.28 bits per heavy atom. The van der Waals surface area contributed by atoms with Gasteiger partial charge in [0, 0.05) is 48.8 Å². The van der Waals surface area contributed by atoms with Crippen LogP contribution >= 0.6 is 11.8 Å². The van der Waals surface area contributed by atoms with Gasteiger partial charge >= 0.3 is 6.61 Å². The van der Waals surface area contributed by atoms with Gasteiger partial charge in [-0.05, 0) is 30.5 Å². The molecule has 168 valence electrons.